The number of nitrogens with zero attached hydrogens (tertiary/aromatic N) is 2. The molecule has 0 amide bonds. The van der Waals surface area contributed by atoms with E-state index in [4.69, 9.17) is 4.74 Å². The summed E-state index contributed by atoms with van der Waals surface area (Å²) >= 11 is 3.18. The Morgan fingerprint density at radius 3 is 2.54 bits per heavy atom. The lowest BCUT2D eigenvalue weighted by Gasteiger charge is -2.14. The fourth-order valence-corrected chi connectivity index (χ4v) is 4.04. The highest BCUT2D eigenvalue weighted by atomic mass is 79.9. The molecule has 2 aromatic carbocycles. The number of hydrogen-bond donors (Lipinski definition) is 1. The highest BCUT2D eigenvalue weighted by Gasteiger charge is 2.22. The minimum atomic E-state index is -3.91. The molecule has 0 unspecified atom stereocenters. The summed E-state index contributed by atoms with van der Waals surface area (Å²) in [6.45, 7) is 1.84. The molecule has 1 N–H and O–H groups in total. The van der Waals surface area contributed by atoms with Crippen molar-refractivity contribution in [2.75, 3.05) is 11.8 Å². The maximum atomic E-state index is 13.1. The van der Waals surface area contributed by atoms with E-state index < -0.39 is 10.0 Å². The van der Waals surface area contributed by atoms with Gasteiger partial charge in [-0.3, -0.25) is 4.72 Å². The first kappa shape index (κ1) is 18.3. The van der Waals surface area contributed by atoms with E-state index in [1.165, 1.54) is 13.3 Å². The summed E-state index contributed by atoms with van der Waals surface area (Å²) in [7, 11) is -2.51. The Morgan fingerprint density at radius 2 is 1.85 bits per heavy atom. The zero-order chi connectivity index (χ0) is 18.7. The number of nitrogens with one attached hydrogen (secondary N) is 1. The molecular weight excluding hydrogens is 418 g/mol. The maximum Gasteiger partial charge on any atom is 0.263 e. The Balaban J connectivity index is 2.09. The van der Waals surface area contributed by atoms with Crippen molar-refractivity contribution in [1.82, 2.24) is 9.97 Å². The van der Waals surface area contributed by atoms with E-state index in [1.54, 1.807) is 12.1 Å². The SMILES string of the molecule is COc1nc(Br)cnc1NS(=O)(=O)c1cc(C)ccc1-c1ccccc1. The second-order valence-corrected chi connectivity index (χ2v) is 7.99. The molecule has 0 radical (unpaired) electrons. The van der Waals surface area contributed by atoms with Crippen LogP contribution in [0.3, 0.4) is 0 Å². The molecule has 0 aliphatic rings. The van der Waals surface area contributed by atoms with E-state index >= 15 is 0 Å². The number of ether oxygens (including phenoxy) is 1. The lowest BCUT2D eigenvalue weighted by atomic mass is 10.0. The number of aromatic nitrogens is 2. The predicted molar refractivity (Wildman–Crippen MR) is 104 cm³/mol. The minimum Gasteiger partial charge on any atom is -0.478 e. The number of benzene rings is 2. The molecule has 6 nitrogen and oxygen atoms in total. The van der Waals surface area contributed by atoms with Gasteiger partial charge >= 0.3 is 0 Å². The van der Waals surface area contributed by atoms with Gasteiger partial charge in [-0.05, 0) is 40.0 Å². The van der Waals surface area contributed by atoms with Gasteiger partial charge in [0.2, 0.25) is 5.82 Å². The third-order valence-corrected chi connectivity index (χ3v) is 5.41. The van der Waals surface area contributed by atoms with Gasteiger partial charge in [0.15, 0.2) is 0 Å². The first-order chi connectivity index (χ1) is 12.4. The lowest BCUT2D eigenvalue weighted by molar-refractivity contribution is 0.397. The molecule has 0 saturated carbocycles. The average molecular weight is 434 g/mol. The molecule has 3 aromatic rings. The summed E-state index contributed by atoms with van der Waals surface area (Å²) in [5.41, 5.74) is 2.24. The van der Waals surface area contributed by atoms with Crippen molar-refractivity contribution in [3.8, 4) is 17.0 Å². The van der Waals surface area contributed by atoms with Crippen molar-refractivity contribution in [3.05, 3.63) is 64.9 Å². The van der Waals surface area contributed by atoms with Gasteiger partial charge in [0.25, 0.3) is 15.9 Å². The molecule has 0 atom stereocenters. The van der Waals surface area contributed by atoms with Crippen LogP contribution in [0.5, 0.6) is 5.88 Å². The summed E-state index contributed by atoms with van der Waals surface area (Å²) in [6, 6.07) is 14.6. The highest BCUT2D eigenvalue weighted by Crippen LogP contribution is 2.31. The molecule has 3 rings (SSSR count). The van der Waals surface area contributed by atoms with Gasteiger partial charge < -0.3 is 4.74 Å². The molecule has 0 saturated heterocycles. The summed E-state index contributed by atoms with van der Waals surface area (Å²) < 4.78 is 34.1. The van der Waals surface area contributed by atoms with E-state index in [1.807, 2.05) is 43.3 Å². The van der Waals surface area contributed by atoms with Crippen LogP contribution in [0.2, 0.25) is 0 Å². The Kier molecular flexibility index (Phi) is 5.24. The second-order valence-electron chi connectivity index (χ2n) is 5.52. The Labute approximate surface area is 160 Å². The summed E-state index contributed by atoms with van der Waals surface area (Å²) in [5, 5.41) is 0. The molecule has 1 aromatic heterocycles. The van der Waals surface area contributed by atoms with Crippen molar-refractivity contribution in [2.24, 2.45) is 0 Å². The van der Waals surface area contributed by atoms with Crippen LogP contribution in [-0.2, 0) is 10.0 Å². The van der Waals surface area contributed by atoms with E-state index in [0.29, 0.717) is 10.2 Å². The topological polar surface area (TPSA) is 81.2 Å². The summed E-state index contributed by atoms with van der Waals surface area (Å²) in [4.78, 5) is 8.30. The molecule has 134 valence electrons. The zero-order valence-corrected chi connectivity index (χ0v) is 16.5. The number of aryl methyl sites for hydroxylation is 1. The van der Waals surface area contributed by atoms with Crippen molar-refractivity contribution >= 4 is 31.8 Å². The smallest absolute Gasteiger partial charge is 0.263 e. The summed E-state index contributed by atoms with van der Waals surface area (Å²) in [5.74, 6) is 0.105. The molecule has 0 bridgehead atoms. The predicted octanol–water partition coefficient (Wildman–Crippen LogP) is 4.02. The monoisotopic (exact) mass is 433 g/mol. The van der Waals surface area contributed by atoms with Crippen LogP contribution in [0.1, 0.15) is 5.56 Å². The first-order valence-corrected chi connectivity index (χ1v) is 9.94. The number of rotatable bonds is 5. The van der Waals surface area contributed by atoms with E-state index in [0.717, 1.165) is 11.1 Å². The Morgan fingerprint density at radius 1 is 1.12 bits per heavy atom. The molecule has 8 heteroatoms. The number of anilines is 1. The van der Waals surface area contributed by atoms with Crippen LogP contribution in [-0.4, -0.2) is 25.5 Å². The lowest BCUT2D eigenvalue weighted by Crippen LogP contribution is -2.16. The van der Waals surface area contributed by atoms with Crippen LogP contribution in [0.4, 0.5) is 5.82 Å². The largest absolute Gasteiger partial charge is 0.478 e. The van der Waals surface area contributed by atoms with Gasteiger partial charge in [0.1, 0.15) is 4.60 Å². The van der Waals surface area contributed by atoms with E-state index in [2.05, 4.69) is 30.6 Å². The van der Waals surface area contributed by atoms with Crippen molar-refractivity contribution in [3.63, 3.8) is 0 Å². The minimum absolute atomic E-state index is 0.0243. The molecule has 1 heterocycles. The van der Waals surface area contributed by atoms with Crippen LogP contribution in [0.25, 0.3) is 11.1 Å². The Bertz CT molecular complexity index is 1040. The Hall–Kier alpha value is -2.45. The van der Waals surface area contributed by atoms with Crippen molar-refractivity contribution in [1.29, 1.82) is 0 Å². The normalized spacial score (nSPS) is 11.2. The van der Waals surface area contributed by atoms with Gasteiger partial charge in [-0.15, -0.1) is 0 Å². The fraction of sp³-hybridized carbons (Fsp3) is 0.111. The van der Waals surface area contributed by atoms with Crippen LogP contribution in [0, 0.1) is 6.92 Å². The zero-order valence-electron chi connectivity index (χ0n) is 14.1. The molecule has 0 aliphatic heterocycles. The van der Waals surface area contributed by atoms with Crippen LogP contribution in [0.15, 0.2) is 64.2 Å². The number of halogens is 1. The highest BCUT2D eigenvalue weighted by molar-refractivity contribution is 9.10. The van der Waals surface area contributed by atoms with Gasteiger partial charge in [-0.25, -0.2) is 18.4 Å². The van der Waals surface area contributed by atoms with Gasteiger partial charge in [-0.2, -0.15) is 0 Å². The maximum absolute atomic E-state index is 13.1. The third kappa shape index (κ3) is 3.86. The van der Waals surface area contributed by atoms with E-state index in [9.17, 15) is 8.42 Å². The van der Waals surface area contributed by atoms with Crippen molar-refractivity contribution < 1.29 is 13.2 Å². The number of sulfonamides is 1. The van der Waals surface area contributed by atoms with Gasteiger partial charge in [0.05, 0.1) is 18.2 Å². The third-order valence-electron chi connectivity index (χ3n) is 3.65. The molecule has 0 aliphatic carbocycles. The number of methoxy groups -OCH3 is 1. The standard InChI is InChI=1S/C18H16BrN3O3S/c1-12-8-9-14(13-6-4-3-5-7-13)15(10-12)26(23,24)22-17-18(25-2)21-16(19)11-20-17/h3-11H,1-2H3,(H,20,22). The van der Waals surface area contributed by atoms with Crippen LogP contribution >= 0.6 is 15.9 Å². The number of hydrogen-bond acceptors (Lipinski definition) is 5. The fourth-order valence-electron chi connectivity index (χ4n) is 2.45. The summed E-state index contributed by atoms with van der Waals surface area (Å²) in [6.07, 6.45) is 1.40. The molecule has 0 spiro atoms. The molecule has 0 fully saturated rings. The van der Waals surface area contributed by atoms with Gasteiger partial charge in [-0.1, -0.05) is 42.5 Å². The van der Waals surface area contributed by atoms with E-state index in [-0.39, 0.29) is 16.6 Å². The first-order valence-electron chi connectivity index (χ1n) is 7.66. The molecule has 26 heavy (non-hydrogen) atoms. The van der Waals surface area contributed by atoms with Gasteiger partial charge in [0, 0.05) is 5.56 Å². The van der Waals surface area contributed by atoms with Crippen molar-refractivity contribution in [2.45, 2.75) is 11.8 Å². The average Bonchev–Trinajstić information content (AvgIpc) is 2.63. The molecular formula is C18H16BrN3O3S. The second kappa shape index (κ2) is 7.43. The van der Waals surface area contributed by atoms with Crippen LogP contribution < -0.4 is 9.46 Å². The quantitative estimate of drug-likeness (QED) is 0.656.